The van der Waals surface area contributed by atoms with E-state index in [1.807, 2.05) is 39.8 Å². The minimum absolute atomic E-state index is 0.00377. The molecule has 2 aromatic rings. The summed E-state index contributed by atoms with van der Waals surface area (Å²) in [6, 6.07) is 10.4. The van der Waals surface area contributed by atoms with Gasteiger partial charge in [0.05, 0.1) is 12.1 Å². The quantitative estimate of drug-likeness (QED) is 0.351. The smallest absolute Gasteiger partial charge is 0.410 e. The van der Waals surface area contributed by atoms with Gasteiger partial charge in [0.15, 0.2) is 0 Å². The van der Waals surface area contributed by atoms with Crippen LogP contribution in [-0.4, -0.2) is 77.6 Å². The first-order valence-electron chi connectivity index (χ1n) is 14.4. The summed E-state index contributed by atoms with van der Waals surface area (Å²) in [6.45, 7) is 8.79. The number of amides is 2. The average Bonchev–Trinajstić information content (AvgIpc) is 2.98. The number of aromatic hydroxyl groups is 2. The van der Waals surface area contributed by atoms with E-state index in [4.69, 9.17) is 14.2 Å². The number of hydrogen-bond acceptors (Lipinski definition) is 8. The maximum atomic E-state index is 12.2. The zero-order valence-electron chi connectivity index (χ0n) is 25.3. The van der Waals surface area contributed by atoms with Crippen LogP contribution in [0.25, 0.3) is 0 Å². The van der Waals surface area contributed by atoms with Crippen molar-refractivity contribution in [2.75, 3.05) is 38.3 Å². The Morgan fingerprint density at radius 2 is 1.62 bits per heavy atom. The van der Waals surface area contributed by atoms with Gasteiger partial charge in [-0.3, -0.25) is 4.79 Å². The third kappa shape index (κ3) is 9.24. The number of carbonyl (C=O) groups excluding carboxylic acids is 2. The van der Waals surface area contributed by atoms with E-state index < -0.39 is 0 Å². The molecule has 0 bridgehead atoms. The van der Waals surface area contributed by atoms with Crippen LogP contribution in [0.2, 0.25) is 0 Å². The summed E-state index contributed by atoms with van der Waals surface area (Å²) in [7, 11) is 1.65. The molecule has 9 nitrogen and oxygen atoms in total. The van der Waals surface area contributed by atoms with Gasteiger partial charge in [0.1, 0.15) is 36.2 Å². The van der Waals surface area contributed by atoms with Crippen molar-refractivity contribution in [2.45, 2.75) is 65.5 Å². The van der Waals surface area contributed by atoms with Gasteiger partial charge < -0.3 is 34.6 Å². The first kappa shape index (κ1) is 33.0. The van der Waals surface area contributed by atoms with Crippen molar-refractivity contribution in [3.63, 3.8) is 0 Å². The fourth-order valence-corrected chi connectivity index (χ4v) is 5.76. The van der Waals surface area contributed by atoms with Gasteiger partial charge in [0.2, 0.25) is 5.91 Å². The number of rotatable bonds is 8. The monoisotopic (exact) mass is 600 g/mol. The standard InChI is InChI=1S/C16H23NO4S.C16H21NO3/c1-11(2)21-16(19)17-7-8-22-10-13(17)9-20-15-6-4-5-14(18)12(15)3;1-11-14(18)8-5-9-15(11)20-10-12-6-3-4-7-13(12)16(19)17-2/h4-6,11,13,18H,7-10H2,1-3H3;5,8-9,18H,3-4,6-7,10H2,1-2H3,(H,17,19). The number of carbonyl (C=O) groups is 2. The summed E-state index contributed by atoms with van der Waals surface area (Å²) in [5.41, 5.74) is 3.36. The second kappa shape index (κ2) is 16.2. The van der Waals surface area contributed by atoms with Gasteiger partial charge in [-0.05, 0) is 83.2 Å². The third-order valence-corrected chi connectivity index (χ3v) is 8.32. The molecule has 10 heteroatoms. The van der Waals surface area contributed by atoms with E-state index in [1.54, 1.807) is 48.0 Å². The molecule has 4 rings (SSSR count). The first-order chi connectivity index (χ1) is 20.1. The SMILES string of the molecule is CNC(=O)C1=C(COc2cccc(O)c2C)CCCC1.Cc1c(O)cccc1OCC1CSCCN1C(=O)OC(C)C. The molecular weight excluding hydrogens is 556 g/mol. The summed E-state index contributed by atoms with van der Waals surface area (Å²) in [5.74, 6) is 3.49. The van der Waals surface area contributed by atoms with Crippen LogP contribution >= 0.6 is 11.8 Å². The third-order valence-electron chi connectivity index (χ3n) is 7.23. The van der Waals surface area contributed by atoms with Crippen LogP contribution in [0.15, 0.2) is 47.5 Å². The molecule has 2 aromatic carbocycles. The van der Waals surface area contributed by atoms with Crippen LogP contribution in [0, 0.1) is 13.8 Å². The lowest BCUT2D eigenvalue weighted by Gasteiger charge is -2.34. The molecule has 1 heterocycles. The molecule has 0 aromatic heterocycles. The van der Waals surface area contributed by atoms with Crippen molar-refractivity contribution in [1.29, 1.82) is 0 Å². The lowest BCUT2D eigenvalue weighted by atomic mass is 9.91. The highest BCUT2D eigenvalue weighted by Gasteiger charge is 2.29. The summed E-state index contributed by atoms with van der Waals surface area (Å²) in [6.07, 6.45) is 3.46. The summed E-state index contributed by atoms with van der Waals surface area (Å²) < 4.78 is 16.9. The highest BCUT2D eigenvalue weighted by molar-refractivity contribution is 7.99. The van der Waals surface area contributed by atoms with Gasteiger partial charge in [-0.15, -0.1) is 0 Å². The zero-order valence-corrected chi connectivity index (χ0v) is 26.1. The Hall–Kier alpha value is -3.53. The number of phenolic OH excluding ortho intramolecular Hbond substituents is 2. The molecule has 0 radical (unpaired) electrons. The molecule has 0 spiro atoms. The molecule has 230 valence electrons. The van der Waals surface area contributed by atoms with Gasteiger partial charge >= 0.3 is 6.09 Å². The number of benzene rings is 2. The molecule has 1 atom stereocenters. The largest absolute Gasteiger partial charge is 0.508 e. The van der Waals surface area contributed by atoms with E-state index in [0.717, 1.165) is 53.9 Å². The van der Waals surface area contributed by atoms with E-state index >= 15 is 0 Å². The van der Waals surface area contributed by atoms with Crippen molar-refractivity contribution < 1.29 is 34.0 Å². The number of hydrogen-bond donors (Lipinski definition) is 3. The Balaban J connectivity index is 0.000000231. The highest BCUT2D eigenvalue weighted by Crippen LogP contribution is 2.30. The van der Waals surface area contributed by atoms with E-state index in [1.165, 1.54) is 0 Å². The summed E-state index contributed by atoms with van der Waals surface area (Å²) in [4.78, 5) is 25.7. The molecule has 1 saturated heterocycles. The average molecular weight is 601 g/mol. The Labute approximate surface area is 253 Å². The molecule has 3 N–H and O–H groups in total. The van der Waals surface area contributed by atoms with Crippen molar-refractivity contribution in [2.24, 2.45) is 0 Å². The predicted molar refractivity (Wildman–Crippen MR) is 166 cm³/mol. The molecule has 1 aliphatic heterocycles. The van der Waals surface area contributed by atoms with Crippen LogP contribution in [0.1, 0.15) is 50.7 Å². The molecule has 0 saturated carbocycles. The second-order valence-electron chi connectivity index (χ2n) is 10.6. The van der Waals surface area contributed by atoms with Crippen LogP contribution in [-0.2, 0) is 9.53 Å². The molecule has 1 aliphatic carbocycles. The lowest BCUT2D eigenvalue weighted by molar-refractivity contribution is -0.117. The fourth-order valence-electron chi connectivity index (χ4n) is 4.72. The second-order valence-corrected chi connectivity index (χ2v) is 11.8. The van der Waals surface area contributed by atoms with Crippen molar-refractivity contribution in [3.8, 4) is 23.0 Å². The lowest BCUT2D eigenvalue weighted by Crippen LogP contribution is -2.49. The van der Waals surface area contributed by atoms with Crippen LogP contribution in [0.4, 0.5) is 4.79 Å². The zero-order chi connectivity index (χ0) is 30.6. The number of nitrogens with zero attached hydrogens (tertiary/aromatic N) is 1. The Bertz CT molecular complexity index is 1250. The number of phenols is 2. The number of nitrogens with one attached hydrogen (secondary N) is 1. The predicted octanol–water partition coefficient (Wildman–Crippen LogP) is 5.74. The molecule has 1 unspecified atom stereocenters. The van der Waals surface area contributed by atoms with Crippen molar-refractivity contribution in [3.05, 3.63) is 58.7 Å². The van der Waals surface area contributed by atoms with Gasteiger partial charge in [-0.25, -0.2) is 4.79 Å². The highest BCUT2D eigenvalue weighted by atomic mass is 32.2. The fraction of sp³-hybridized carbons (Fsp3) is 0.500. The molecule has 2 aliphatic rings. The Morgan fingerprint density at radius 3 is 2.24 bits per heavy atom. The number of likely N-dealkylation sites (N-methyl/N-ethyl adjacent to an activating group) is 1. The van der Waals surface area contributed by atoms with Gasteiger partial charge in [0, 0.05) is 41.8 Å². The van der Waals surface area contributed by atoms with E-state index in [2.05, 4.69) is 5.32 Å². The maximum absolute atomic E-state index is 12.2. The number of thioether (sulfide) groups is 1. The van der Waals surface area contributed by atoms with Gasteiger partial charge in [0.25, 0.3) is 0 Å². The van der Waals surface area contributed by atoms with E-state index in [-0.39, 0.29) is 35.6 Å². The minimum atomic E-state index is -0.281. The molecular formula is C32H44N2O7S. The van der Waals surface area contributed by atoms with Gasteiger partial charge in [-0.2, -0.15) is 11.8 Å². The van der Waals surface area contributed by atoms with Crippen molar-refractivity contribution >= 4 is 23.8 Å². The molecule has 42 heavy (non-hydrogen) atoms. The summed E-state index contributed by atoms with van der Waals surface area (Å²) >= 11 is 1.81. The van der Waals surface area contributed by atoms with E-state index in [0.29, 0.717) is 36.8 Å². The van der Waals surface area contributed by atoms with Crippen LogP contribution in [0.5, 0.6) is 23.0 Å². The Morgan fingerprint density at radius 1 is 1.00 bits per heavy atom. The number of ether oxygens (including phenoxy) is 3. The maximum Gasteiger partial charge on any atom is 0.410 e. The molecule has 1 fully saturated rings. The minimum Gasteiger partial charge on any atom is -0.508 e. The topological polar surface area (TPSA) is 118 Å². The van der Waals surface area contributed by atoms with Crippen LogP contribution in [0.3, 0.4) is 0 Å². The van der Waals surface area contributed by atoms with Crippen LogP contribution < -0.4 is 14.8 Å². The first-order valence-corrected chi connectivity index (χ1v) is 15.6. The molecule has 2 amide bonds. The van der Waals surface area contributed by atoms with E-state index in [9.17, 15) is 19.8 Å². The normalized spacial score (nSPS) is 16.8. The van der Waals surface area contributed by atoms with Gasteiger partial charge in [-0.1, -0.05) is 12.1 Å². The summed E-state index contributed by atoms with van der Waals surface area (Å²) in [5, 5.41) is 22.1. The van der Waals surface area contributed by atoms with Crippen molar-refractivity contribution in [1.82, 2.24) is 10.2 Å². The Kier molecular flexibility index (Phi) is 12.7.